The molecule has 0 aliphatic rings. The summed E-state index contributed by atoms with van der Waals surface area (Å²) in [6, 6.07) is 15.7. The number of aromatic nitrogens is 2. The molecule has 0 saturated heterocycles. The maximum absolute atomic E-state index is 10.8. The third kappa shape index (κ3) is 2.94. The molecule has 4 nitrogen and oxygen atoms in total. The molecule has 0 aliphatic carbocycles. The fraction of sp³-hybridized carbons (Fsp3) is 0.316. The van der Waals surface area contributed by atoms with E-state index in [0.29, 0.717) is 12.4 Å². The summed E-state index contributed by atoms with van der Waals surface area (Å²) in [5.74, 6) is 1.48. The van der Waals surface area contributed by atoms with Gasteiger partial charge in [0.05, 0.1) is 17.6 Å². The maximum atomic E-state index is 10.8. The van der Waals surface area contributed by atoms with Gasteiger partial charge in [0.25, 0.3) is 0 Å². The Morgan fingerprint density at radius 1 is 1.09 bits per heavy atom. The van der Waals surface area contributed by atoms with Gasteiger partial charge in [-0.3, -0.25) is 0 Å². The minimum atomic E-state index is -0.763. The van der Waals surface area contributed by atoms with E-state index in [-0.39, 0.29) is 6.04 Å². The largest absolute Gasteiger partial charge is 0.494 e. The van der Waals surface area contributed by atoms with Crippen LogP contribution in [0, 0.1) is 0 Å². The van der Waals surface area contributed by atoms with Gasteiger partial charge in [-0.05, 0) is 50.6 Å². The van der Waals surface area contributed by atoms with Crippen LogP contribution in [0.15, 0.2) is 48.5 Å². The topological polar surface area (TPSA) is 47.3 Å². The summed E-state index contributed by atoms with van der Waals surface area (Å²) in [5, 5.41) is 10.8. The molecule has 1 N–H and O–H groups in total. The van der Waals surface area contributed by atoms with Gasteiger partial charge in [0, 0.05) is 6.04 Å². The molecule has 0 radical (unpaired) electrons. The number of hydrogen-bond donors (Lipinski definition) is 1. The van der Waals surface area contributed by atoms with Crippen molar-refractivity contribution in [3.05, 3.63) is 59.9 Å². The van der Waals surface area contributed by atoms with Crippen molar-refractivity contribution in [2.45, 2.75) is 32.9 Å². The van der Waals surface area contributed by atoms with Crippen molar-refractivity contribution in [3.8, 4) is 5.75 Å². The normalized spacial score (nSPS) is 12.7. The molecule has 3 aromatic rings. The van der Waals surface area contributed by atoms with Crippen molar-refractivity contribution in [2.75, 3.05) is 6.61 Å². The van der Waals surface area contributed by atoms with Crippen molar-refractivity contribution >= 4 is 11.0 Å². The van der Waals surface area contributed by atoms with Crippen LogP contribution in [-0.4, -0.2) is 21.3 Å². The summed E-state index contributed by atoms with van der Waals surface area (Å²) < 4.78 is 7.55. The van der Waals surface area contributed by atoms with Gasteiger partial charge in [0.1, 0.15) is 17.7 Å². The number of benzene rings is 2. The Morgan fingerprint density at radius 2 is 1.78 bits per heavy atom. The van der Waals surface area contributed by atoms with Crippen LogP contribution in [0.4, 0.5) is 0 Å². The van der Waals surface area contributed by atoms with E-state index in [1.54, 1.807) is 0 Å². The molecule has 0 aliphatic heterocycles. The van der Waals surface area contributed by atoms with E-state index in [1.165, 1.54) is 0 Å². The van der Waals surface area contributed by atoms with E-state index >= 15 is 0 Å². The van der Waals surface area contributed by atoms with Gasteiger partial charge >= 0.3 is 0 Å². The third-order valence-electron chi connectivity index (χ3n) is 3.89. The zero-order valence-electron chi connectivity index (χ0n) is 13.7. The molecule has 120 valence electrons. The number of aliphatic hydroxyl groups excluding tert-OH is 1. The van der Waals surface area contributed by atoms with Crippen LogP contribution in [0.5, 0.6) is 5.75 Å². The highest BCUT2D eigenvalue weighted by Crippen LogP contribution is 2.29. The fourth-order valence-electron chi connectivity index (χ4n) is 2.86. The molecular formula is C19H22N2O2. The predicted molar refractivity (Wildman–Crippen MR) is 91.8 cm³/mol. The first-order valence-corrected chi connectivity index (χ1v) is 7.99. The lowest BCUT2D eigenvalue weighted by Gasteiger charge is -2.17. The van der Waals surface area contributed by atoms with Crippen LogP contribution in [0.1, 0.15) is 44.3 Å². The number of para-hydroxylation sites is 2. The van der Waals surface area contributed by atoms with Gasteiger partial charge in [-0.15, -0.1) is 0 Å². The molecule has 0 saturated carbocycles. The SMILES string of the molecule is CCOc1ccc(C(O)c2nc3ccccc3n2C(C)C)cc1. The summed E-state index contributed by atoms with van der Waals surface area (Å²) in [6.07, 6.45) is -0.763. The Kier molecular flexibility index (Phi) is 4.35. The molecule has 4 heteroatoms. The predicted octanol–water partition coefficient (Wildman–Crippen LogP) is 4.10. The van der Waals surface area contributed by atoms with Crippen molar-refractivity contribution in [3.63, 3.8) is 0 Å². The summed E-state index contributed by atoms with van der Waals surface area (Å²) in [5.41, 5.74) is 2.76. The minimum absolute atomic E-state index is 0.217. The number of nitrogens with zero attached hydrogens (tertiary/aromatic N) is 2. The van der Waals surface area contributed by atoms with Crippen LogP contribution < -0.4 is 4.74 Å². The molecule has 0 bridgehead atoms. The van der Waals surface area contributed by atoms with Crippen LogP contribution in [-0.2, 0) is 0 Å². The summed E-state index contributed by atoms with van der Waals surface area (Å²) in [7, 11) is 0. The Hall–Kier alpha value is -2.33. The molecule has 23 heavy (non-hydrogen) atoms. The first kappa shape index (κ1) is 15.6. The summed E-state index contributed by atoms with van der Waals surface area (Å²) in [6.45, 7) is 6.78. The molecule has 0 fully saturated rings. The Labute approximate surface area is 136 Å². The van der Waals surface area contributed by atoms with Crippen LogP contribution in [0.3, 0.4) is 0 Å². The van der Waals surface area contributed by atoms with Crippen LogP contribution in [0.25, 0.3) is 11.0 Å². The number of ether oxygens (including phenoxy) is 1. The first-order chi connectivity index (χ1) is 11.1. The highest BCUT2D eigenvalue weighted by atomic mass is 16.5. The first-order valence-electron chi connectivity index (χ1n) is 7.99. The highest BCUT2D eigenvalue weighted by Gasteiger charge is 2.21. The van der Waals surface area contributed by atoms with Gasteiger partial charge in [0.2, 0.25) is 0 Å². The Balaban J connectivity index is 2.03. The quantitative estimate of drug-likeness (QED) is 0.772. The smallest absolute Gasteiger partial charge is 0.143 e. The molecular weight excluding hydrogens is 288 g/mol. The zero-order chi connectivity index (χ0) is 16.4. The molecule has 1 unspecified atom stereocenters. The lowest BCUT2D eigenvalue weighted by molar-refractivity contribution is 0.203. The van der Waals surface area contributed by atoms with Gasteiger partial charge in [-0.25, -0.2) is 4.98 Å². The van der Waals surface area contributed by atoms with Gasteiger partial charge in [-0.2, -0.15) is 0 Å². The van der Waals surface area contributed by atoms with Gasteiger partial charge in [0.15, 0.2) is 0 Å². The second-order valence-corrected chi connectivity index (χ2v) is 5.83. The van der Waals surface area contributed by atoms with E-state index in [9.17, 15) is 5.11 Å². The van der Waals surface area contributed by atoms with Crippen LogP contribution in [0.2, 0.25) is 0 Å². The van der Waals surface area contributed by atoms with E-state index < -0.39 is 6.10 Å². The summed E-state index contributed by atoms with van der Waals surface area (Å²) >= 11 is 0. The standard InChI is InChI=1S/C19H22N2O2/c1-4-23-15-11-9-14(10-12-15)18(22)19-20-16-7-5-6-8-17(16)21(19)13(2)3/h5-13,18,22H,4H2,1-3H3. The van der Waals surface area contributed by atoms with E-state index in [0.717, 1.165) is 22.3 Å². The molecule has 1 heterocycles. The van der Waals surface area contributed by atoms with Gasteiger partial charge < -0.3 is 14.4 Å². The zero-order valence-corrected chi connectivity index (χ0v) is 13.7. The van der Waals surface area contributed by atoms with E-state index in [1.807, 2.05) is 55.5 Å². The van der Waals surface area contributed by atoms with Crippen LogP contribution >= 0.6 is 0 Å². The minimum Gasteiger partial charge on any atom is -0.494 e. The third-order valence-corrected chi connectivity index (χ3v) is 3.89. The van der Waals surface area contributed by atoms with Crippen molar-refractivity contribution in [1.29, 1.82) is 0 Å². The molecule has 3 rings (SSSR count). The van der Waals surface area contributed by atoms with E-state index in [2.05, 4.69) is 23.4 Å². The molecule has 0 spiro atoms. The average Bonchev–Trinajstić information content (AvgIpc) is 2.95. The number of imidazole rings is 1. The summed E-state index contributed by atoms with van der Waals surface area (Å²) in [4.78, 5) is 4.65. The molecule has 1 aromatic heterocycles. The lowest BCUT2D eigenvalue weighted by Crippen LogP contribution is -2.12. The lowest BCUT2D eigenvalue weighted by atomic mass is 10.1. The molecule has 0 amide bonds. The molecule has 1 atom stereocenters. The number of hydrogen-bond acceptors (Lipinski definition) is 3. The number of fused-ring (bicyclic) bond motifs is 1. The highest BCUT2D eigenvalue weighted by molar-refractivity contribution is 5.76. The van der Waals surface area contributed by atoms with Crippen molar-refractivity contribution in [2.24, 2.45) is 0 Å². The van der Waals surface area contributed by atoms with Gasteiger partial charge in [-0.1, -0.05) is 24.3 Å². The second kappa shape index (κ2) is 6.42. The van der Waals surface area contributed by atoms with E-state index in [4.69, 9.17) is 4.74 Å². The maximum Gasteiger partial charge on any atom is 0.143 e. The fourth-order valence-corrected chi connectivity index (χ4v) is 2.86. The Morgan fingerprint density at radius 3 is 2.43 bits per heavy atom. The van der Waals surface area contributed by atoms with Crippen molar-refractivity contribution < 1.29 is 9.84 Å². The number of rotatable bonds is 5. The molecule has 2 aromatic carbocycles. The second-order valence-electron chi connectivity index (χ2n) is 5.83. The Bertz CT molecular complexity index is 791. The van der Waals surface area contributed by atoms with Crippen molar-refractivity contribution in [1.82, 2.24) is 9.55 Å². The monoisotopic (exact) mass is 310 g/mol. The number of aliphatic hydroxyl groups is 1. The average molecular weight is 310 g/mol.